The highest BCUT2D eigenvalue weighted by Gasteiger charge is 2.35. The van der Waals surface area contributed by atoms with Crippen LogP contribution in [0.15, 0.2) is 12.2 Å². The van der Waals surface area contributed by atoms with E-state index in [4.69, 9.17) is 0 Å². The highest BCUT2D eigenvalue weighted by Crippen LogP contribution is 2.34. The third-order valence-electron chi connectivity index (χ3n) is 4.78. The summed E-state index contributed by atoms with van der Waals surface area (Å²) in [5.74, 6) is -1.24. The second kappa shape index (κ2) is 9.48. The largest absolute Gasteiger partial charge is 0.480 e. The Bertz CT molecular complexity index is 458. The molecule has 5 heteroatoms. The first-order chi connectivity index (χ1) is 10.9. The van der Waals surface area contributed by atoms with Crippen LogP contribution in [0, 0.1) is 17.8 Å². The Morgan fingerprint density at radius 2 is 2.04 bits per heavy atom. The Balaban J connectivity index is 2.62. The monoisotopic (exact) mass is 323 g/mol. The molecule has 130 valence electrons. The zero-order valence-corrected chi connectivity index (χ0v) is 14.4. The molecule has 0 aromatic carbocycles. The summed E-state index contributed by atoms with van der Waals surface area (Å²) in [5.41, 5.74) is 0. The lowest BCUT2D eigenvalue weighted by Crippen LogP contribution is -2.45. The number of ketones is 1. The molecule has 0 radical (unpaired) electrons. The van der Waals surface area contributed by atoms with Gasteiger partial charge in [-0.25, -0.2) is 4.79 Å². The Kier molecular flexibility index (Phi) is 8.00. The van der Waals surface area contributed by atoms with Gasteiger partial charge in [0.1, 0.15) is 11.8 Å². The van der Waals surface area contributed by atoms with Crippen molar-refractivity contribution in [3.63, 3.8) is 0 Å². The lowest BCUT2D eigenvalue weighted by atomic mass is 9.89. The van der Waals surface area contributed by atoms with Gasteiger partial charge in [0.2, 0.25) is 5.91 Å². The average molecular weight is 323 g/mol. The summed E-state index contributed by atoms with van der Waals surface area (Å²) in [6, 6.07) is -0.858. The quantitative estimate of drug-likeness (QED) is 0.639. The van der Waals surface area contributed by atoms with Crippen molar-refractivity contribution in [1.29, 1.82) is 0 Å². The molecule has 23 heavy (non-hydrogen) atoms. The summed E-state index contributed by atoms with van der Waals surface area (Å²) in [7, 11) is 0. The first kappa shape index (κ1) is 19.4. The van der Waals surface area contributed by atoms with Crippen LogP contribution in [0.1, 0.15) is 59.3 Å². The lowest BCUT2D eigenvalue weighted by molar-refractivity contribution is -0.143. The molecule has 0 bridgehead atoms. The molecule has 0 aromatic heterocycles. The molecule has 2 N–H and O–H groups in total. The van der Waals surface area contributed by atoms with Crippen molar-refractivity contribution in [2.24, 2.45) is 17.8 Å². The molecule has 1 fully saturated rings. The second-order valence-corrected chi connectivity index (χ2v) is 6.46. The van der Waals surface area contributed by atoms with Crippen LogP contribution in [-0.2, 0) is 14.4 Å². The Labute approximate surface area is 138 Å². The van der Waals surface area contributed by atoms with Crippen LogP contribution in [0.25, 0.3) is 0 Å². The molecule has 4 atom stereocenters. The predicted molar refractivity (Wildman–Crippen MR) is 88.9 cm³/mol. The Morgan fingerprint density at radius 3 is 2.61 bits per heavy atom. The summed E-state index contributed by atoms with van der Waals surface area (Å²) in [6.45, 7) is 5.76. The van der Waals surface area contributed by atoms with Crippen molar-refractivity contribution in [2.45, 2.75) is 65.3 Å². The number of rotatable bonds is 9. The fraction of sp³-hybridized carbons (Fsp3) is 0.722. The van der Waals surface area contributed by atoms with Crippen LogP contribution in [-0.4, -0.2) is 28.8 Å². The number of hydrogen-bond acceptors (Lipinski definition) is 3. The number of nitrogens with one attached hydrogen (secondary N) is 1. The number of carbonyl (C=O) groups is 3. The smallest absolute Gasteiger partial charge is 0.326 e. The van der Waals surface area contributed by atoms with Crippen LogP contribution in [0.2, 0.25) is 0 Å². The second-order valence-electron chi connectivity index (χ2n) is 6.46. The molecule has 0 heterocycles. The minimum Gasteiger partial charge on any atom is -0.480 e. The van der Waals surface area contributed by atoms with Crippen molar-refractivity contribution in [2.75, 3.05) is 0 Å². The van der Waals surface area contributed by atoms with Crippen LogP contribution in [0.4, 0.5) is 0 Å². The van der Waals surface area contributed by atoms with E-state index in [1.807, 2.05) is 32.9 Å². The van der Waals surface area contributed by atoms with Crippen LogP contribution in [0.3, 0.4) is 0 Å². The van der Waals surface area contributed by atoms with Crippen molar-refractivity contribution < 1.29 is 19.5 Å². The summed E-state index contributed by atoms with van der Waals surface area (Å²) in [6.07, 6.45) is 7.82. The lowest BCUT2D eigenvalue weighted by Gasteiger charge is -2.22. The number of carboxylic acid groups (broad SMARTS) is 1. The summed E-state index contributed by atoms with van der Waals surface area (Å²) < 4.78 is 0. The molecule has 0 spiro atoms. The molecule has 1 aliphatic rings. The van der Waals surface area contributed by atoms with Crippen molar-refractivity contribution in [3.05, 3.63) is 12.2 Å². The predicted octanol–water partition coefficient (Wildman–Crippen LogP) is 2.94. The zero-order valence-electron chi connectivity index (χ0n) is 14.4. The van der Waals surface area contributed by atoms with Crippen LogP contribution < -0.4 is 5.32 Å². The number of amides is 1. The minimum atomic E-state index is -1.00. The van der Waals surface area contributed by atoms with Crippen LogP contribution in [0.5, 0.6) is 0 Å². The first-order valence-electron chi connectivity index (χ1n) is 8.60. The summed E-state index contributed by atoms with van der Waals surface area (Å²) in [4.78, 5) is 35.5. The molecule has 1 unspecified atom stereocenters. The summed E-state index contributed by atoms with van der Waals surface area (Å²) >= 11 is 0. The van der Waals surface area contributed by atoms with E-state index in [1.54, 1.807) is 0 Å². The maximum Gasteiger partial charge on any atom is 0.326 e. The molecular formula is C18H29NO4. The van der Waals surface area contributed by atoms with E-state index in [2.05, 4.69) is 5.32 Å². The fourth-order valence-electron chi connectivity index (χ4n) is 3.11. The van der Waals surface area contributed by atoms with Gasteiger partial charge in [-0.15, -0.1) is 0 Å². The van der Waals surface area contributed by atoms with E-state index in [-0.39, 0.29) is 35.9 Å². The van der Waals surface area contributed by atoms with Gasteiger partial charge in [-0.2, -0.15) is 0 Å². The first-order valence-corrected chi connectivity index (χ1v) is 8.60. The number of allylic oxidation sites excluding steroid dienone is 2. The van der Waals surface area contributed by atoms with E-state index in [9.17, 15) is 19.5 Å². The topological polar surface area (TPSA) is 83.5 Å². The van der Waals surface area contributed by atoms with E-state index >= 15 is 0 Å². The highest BCUT2D eigenvalue weighted by molar-refractivity contribution is 5.87. The third-order valence-corrected chi connectivity index (χ3v) is 4.78. The number of carbonyl (C=O) groups excluding carboxylic acids is 2. The Hall–Kier alpha value is -1.65. The third kappa shape index (κ3) is 5.81. The standard InChI is InChI=1S/C18H29NO4/c1-4-6-7-8-14-13(9-10-15(14)20)11-16(21)19-17(18(22)23)12(3)5-2/h6-7,12-14,17H,4-5,8-11H2,1-3H3,(H,19,21)(H,22,23)/b7-6-/t12-,13+,14-,17?/m0/s1. The number of aliphatic carboxylic acids is 1. The van der Waals surface area contributed by atoms with E-state index in [0.29, 0.717) is 19.3 Å². The zero-order chi connectivity index (χ0) is 17.4. The molecule has 1 amide bonds. The van der Waals surface area contributed by atoms with Crippen molar-refractivity contribution in [1.82, 2.24) is 5.32 Å². The maximum absolute atomic E-state index is 12.2. The molecule has 0 aliphatic heterocycles. The number of hydrogen-bond donors (Lipinski definition) is 2. The number of carboxylic acids is 1. The molecule has 0 aromatic rings. The van der Waals surface area contributed by atoms with E-state index in [1.165, 1.54) is 0 Å². The van der Waals surface area contributed by atoms with Gasteiger partial charge in [0.05, 0.1) is 0 Å². The SMILES string of the molecule is CC/C=C\C[C@@H]1C(=O)CC[C@@H]1CC(=O)NC(C(=O)O)[C@@H](C)CC. The van der Waals surface area contributed by atoms with Crippen molar-refractivity contribution >= 4 is 17.7 Å². The molecular weight excluding hydrogens is 294 g/mol. The molecule has 0 saturated heterocycles. The van der Waals surface area contributed by atoms with Gasteiger partial charge >= 0.3 is 5.97 Å². The average Bonchev–Trinajstić information content (AvgIpc) is 2.84. The van der Waals surface area contributed by atoms with Gasteiger partial charge < -0.3 is 10.4 Å². The molecule has 5 nitrogen and oxygen atoms in total. The highest BCUT2D eigenvalue weighted by atomic mass is 16.4. The van der Waals surface area contributed by atoms with Gasteiger partial charge in [-0.05, 0) is 31.1 Å². The number of Topliss-reactive ketones (excluding diaryl/α,β-unsaturated/α-hetero) is 1. The molecule has 1 aliphatic carbocycles. The van der Waals surface area contributed by atoms with Gasteiger partial charge in [0.25, 0.3) is 0 Å². The minimum absolute atomic E-state index is 0.0235. The van der Waals surface area contributed by atoms with E-state index in [0.717, 1.165) is 12.8 Å². The Morgan fingerprint density at radius 1 is 1.35 bits per heavy atom. The van der Waals surface area contributed by atoms with Gasteiger partial charge in [-0.1, -0.05) is 39.3 Å². The van der Waals surface area contributed by atoms with Crippen LogP contribution >= 0.6 is 0 Å². The fourth-order valence-corrected chi connectivity index (χ4v) is 3.11. The van der Waals surface area contributed by atoms with E-state index < -0.39 is 12.0 Å². The molecule has 1 saturated carbocycles. The van der Waals surface area contributed by atoms with Crippen molar-refractivity contribution in [3.8, 4) is 0 Å². The normalized spacial score (nSPS) is 23.9. The van der Waals surface area contributed by atoms with Gasteiger partial charge in [0.15, 0.2) is 0 Å². The summed E-state index contributed by atoms with van der Waals surface area (Å²) in [5, 5.41) is 11.9. The molecule has 1 rings (SSSR count). The van der Waals surface area contributed by atoms with Gasteiger partial charge in [0, 0.05) is 18.8 Å². The maximum atomic E-state index is 12.2. The van der Waals surface area contributed by atoms with Gasteiger partial charge in [-0.3, -0.25) is 9.59 Å².